The highest BCUT2D eigenvalue weighted by molar-refractivity contribution is 8.40. The van der Waals surface area contributed by atoms with E-state index in [0.29, 0.717) is 0 Å². The molecule has 1 aromatic carbocycles. The highest BCUT2D eigenvalue weighted by Gasteiger charge is 2.42. The van der Waals surface area contributed by atoms with Gasteiger partial charge in [-0.2, -0.15) is 0 Å². The fraction of sp³-hybridized carbons (Fsp3) is 0.389. The highest BCUT2D eigenvalue weighted by atomic mass is 32.3. The molecule has 2 unspecified atom stereocenters. The molecule has 41 heavy (non-hydrogen) atoms. The van der Waals surface area contributed by atoms with E-state index in [-0.39, 0.29) is 17.1 Å². The van der Waals surface area contributed by atoms with Crippen molar-refractivity contribution in [3.8, 4) is 11.7 Å². The lowest BCUT2D eigenvalue weighted by atomic mass is 9.80. The third-order valence-corrected chi connectivity index (χ3v) is 12.3. The van der Waals surface area contributed by atoms with Gasteiger partial charge in [-0.25, -0.2) is 0 Å². The predicted octanol–water partition coefficient (Wildman–Crippen LogP) is 8.27. The molecule has 0 bridgehead atoms. The van der Waals surface area contributed by atoms with Crippen LogP contribution in [0.25, 0.3) is 11.1 Å². The second-order valence-electron chi connectivity index (χ2n) is 13.3. The molecule has 0 aromatic heterocycles. The van der Waals surface area contributed by atoms with Crippen LogP contribution in [0.2, 0.25) is 0 Å². The Morgan fingerprint density at radius 2 is 1.85 bits per heavy atom. The Labute approximate surface area is 255 Å². The van der Waals surface area contributed by atoms with Crippen molar-refractivity contribution in [1.29, 1.82) is 0 Å². The van der Waals surface area contributed by atoms with Crippen LogP contribution in [0.1, 0.15) is 59.6 Å². The standard InChI is InChI=1S/C36H45N3S2/c1-12-41(11)32-19-30-26(24(3)21-35(5,6)37-30)17-28(32)34(23(2)15-13-14-16-38(9)10)29-18-27-25(4)22-36(7,8)39(40)31(27)20-33(29)41/h1,13-15,17-22,30,37,40H,16H2,2-11H3/b14-13-,23-15+. The fourth-order valence-corrected chi connectivity index (χ4v) is 9.37. The summed E-state index contributed by atoms with van der Waals surface area (Å²) in [7, 11) is 2.42. The predicted molar refractivity (Wildman–Crippen MR) is 186 cm³/mol. The third kappa shape index (κ3) is 5.04. The largest absolute Gasteiger partial charge is 0.309 e. The summed E-state index contributed by atoms with van der Waals surface area (Å²) >= 11 is 5.00. The van der Waals surface area contributed by atoms with Crippen LogP contribution in [-0.4, -0.2) is 48.9 Å². The summed E-state index contributed by atoms with van der Waals surface area (Å²) in [6.45, 7) is 16.5. The lowest BCUT2D eigenvalue weighted by molar-refractivity contribution is 0.440. The molecular weight excluding hydrogens is 539 g/mol. The van der Waals surface area contributed by atoms with Crippen molar-refractivity contribution in [2.75, 3.05) is 31.2 Å². The van der Waals surface area contributed by atoms with E-state index in [1.165, 1.54) is 54.4 Å². The number of hydrogen-bond acceptors (Lipinski definition) is 4. The van der Waals surface area contributed by atoms with E-state index >= 15 is 0 Å². The highest BCUT2D eigenvalue weighted by Crippen LogP contribution is 2.69. The summed E-state index contributed by atoms with van der Waals surface area (Å²) < 4.78 is 2.10. The summed E-state index contributed by atoms with van der Waals surface area (Å²) in [5.41, 5.74) is 11.0. The first-order valence-electron chi connectivity index (χ1n) is 14.4. The van der Waals surface area contributed by atoms with Crippen LogP contribution < -0.4 is 9.62 Å². The Bertz CT molecular complexity index is 1580. The lowest BCUT2D eigenvalue weighted by Gasteiger charge is -2.47. The molecule has 3 heterocycles. The Kier molecular flexibility index (Phi) is 7.48. The molecule has 3 nitrogen and oxygen atoms in total. The second-order valence-corrected chi connectivity index (χ2v) is 16.7. The molecule has 5 heteroatoms. The molecule has 0 radical (unpaired) electrons. The number of allylic oxidation sites excluding steroid dienone is 7. The van der Waals surface area contributed by atoms with Gasteiger partial charge in [0.05, 0.1) is 17.3 Å². The average Bonchev–Trinajstić information content (AvgIpc) is 2.88. The van der Waals surface area contributed by atoms with Crippen LogP contribution in [0.4, 0.5) is 5.69 Å². The smallest absolute Gasteiger partial charge is 0.0642 e. The molecule has 216 valence electrons. The van der Waals surface area contributed by atoms with Gasteiger partial charge in [-0.15, -0.1) is 16.5 Å². The van der Waals surface area contributed by atoms with E-state index in [9.17, 15) is 0 Å². The number of terminal acetylenes is 1. The van der Waals surface area contributed by atoms with Crippen molar-refractivity contribution < 1.29 is 0 Å². The molecule has 0 saturated carbocycles. The maximum atomic E-state index is 6.54. The van der Waals surface area contributed by atoms with Crippen molar-refractivity contribution in [2.24, 2.45) is 0 Å². The van der Waals surface area contributed by atoms with Gasteiger partial charge in [-0.05, 0) is 137 Å². The Morgan fingerprint density at radius 3 is 2.51 bits per heavy atom. The van der Waals surface area contributed by atoms with Crippen molar-refractivity contribution in [1.82, 2.24) is 10.2 Å². The SMILES string of the molecule is C#CS1(C)C2=CC3NC(C)(C)C=C(C)C3=CC2=C(/C(C)=C/C=C\CN(C)C)c2cc3c(cc21)N(S)C(C)(C)C=C3C. The molecule has 5 rings (SSSR count). The molecular formula is C36H45N3S2. The number of anilines is 1. The molecule has 3 aliphatic heterocycles. The number of nitrogens with zero attached hydrogens (tertiary/aromatic N) is 2. The molecule has 0 spiro atoms. The molecule has 0 fully saturated rings. The van der Waals surface area contributed by atoms with Crippen molar-refractivity contribution >= 4 is 39.7 Å². The van der Waals surface area contributed by atoms with E-state index in [1.807, 2.05) is 0 Å². The zero-order valence-electron chi connectivity index (χ0n) is 26.3. The summed E-state index contributed by atoms with van der Waals surface area (Å²) in [4.78, 5) is 4.70. The number of likely N-dealkylation sites (N-methyl/N-ethyl adjacent to an activating group) is 1. The number of rotatable bonds is 4. The summed E-state index contributed by atoms with van der Waals surface area (Å²) in [5, 5.41) is 7.21. The zero-order chi connectivity index (χ0) is 30.1. The number of benzene rings is 1. The summed E-state index contributed by atoms with van der Waals surface area (Å²) in [6.07, 6.45) is 25.0. The van der Waals surface area contributed by atoms with Gasteiger partial charge in [0, 0.05) is 27.4 Å². The van der Waals surface area contributed by atoms with E-state index < -0.39 is 10.0 Å². The molecule has 1 N–H and O–H groups in total. The topological polar surface area (TPSA) is 18.5 Å². The quantitative estimate of drug-likeness (QED) is 0.211. The van der Waals surface area contributed by atoms with Gasteiger partial charge in [-0.1, -0.05) is 43.2 Å². The van der Waals surface area contributed by atoms with Gasteiger partial charge in [0.25, 0.3) is 0 Å². The first-order valence-corrected chi connectivity index (χ1v) is 16.8. The molecule has 4 aliphatic rings. The molecule has 1 aliphatic carbocycles. The van der Waals surface area contributed by atoms with Crippen molar-refractivity contribution in [2.45, 2.75) is 70.5 Å². The second kappa shape index (κ2) is 10.3. The fourth-order valence-electron chi connectivity index (χ4n) is 6.70. The van der Waals surface area contributed by atoms with E-state index in [0.717, 1.165) is 12.2 Å². The Morgan fingerprint density at radius 1 is 1.15 bits per heavy atom. The number of nitrogens with one attached hydrogen (secondary N) is 1. The molecule has 1 aromatic rings. The summed E-state index contributed by atoms with van der Waals surface area (Å²) in [5.74, 6) is 0. The third-order valence-electron chi connectivity index (χ3n) is 8.65. The number of hydrogen-bond donors (Lipinski definition) is 2. The monoisotopic (exact) mass is 583 g/mol. The number of fused-ring (bicyclic) bond motifs is 4. The van der Waals surface area contributed by atoms with Crippen molar-refractivity contribution in [3.63, 3.8) is 0 Å². The average molecular weight is 584 g/mol. The van der Waals surface area contributed by atoms with Gasteiger partial charge in [0.1, 0.15) is 0 Å². The van der Waals surface area contributed by atoms with Crippen LogP contribution in [-0.2, 0) is 0 Å². The van der Waals surface area contributed by atoms with Gasteiger partial charge in [0.2, 0.25) is 0 Å². The van der Waals surface area contributed by atoms with Gasteiger partial charge < -0.3 is 9.21 Å². The first-order chi connectivity index (χ1) is 19.1. The Balaban J connectivity index is 1.84. The lowest BCUT2D eigenvalue weighted by Crippen LogP contribution is -2.49. The van der Waals surface area contributed by atoms with Crippen LogP contribution in [0.15, 0.2) is 86.8 Å². The molecule has 2 atom stereocenters. The minimum atomic E-state index is -1.76. The normalized spacial score (nSPS) is 27.9. The molecule has 0 amide bonds. The van der Waals surface area contributed by atoms with E-state index in [2.05, 4.69) is 143 Å². The van der Waals surface area contributed by atoms with Crippen LogP contribution in [0.3, 0.4) is 0 Å². The Hall–Kier alpha value is -2.62. The van der Waals surface area contributed by atoms with Crippen molar-refractivity contribution in [3.05, 3.63) is 93.0 Å². The van der Waals surface area contributed by atoms with E-state index in [4.69, 9.17) is 19.2 Å². The first kappa shape index (κ1) is 29.9. The molecule has 0 saturated heterocycles. The zero-order valence-corrected chi connectivity index (χ0v) is 28.0. The van der Waals surface area contributed by atoms with Gasteiger partial charge in [-0.3, -0.25) is 5.32 Å². The van der Waals surface area contributed by atoms with E-state index in [1.54, 1.807) is 0 Å². The minimum Gasteiger partial charge on any atom is -0.309 e. The maximum Gasteiger partial charge on any atom is 0.0642 e. The van der Waals surface area contributed by atoms with Gasteiger partial charge >= 0.3 is 0 Å². The van der Waals surface area contributed by atoms with Gasteiger partial charge in [0.15, 0.2) is 0 Å². The number of thiol groups is 1. The van der Waals surface area contributed by atoms with Crippen LogP contribution in [0, 0.1) is 11.7 Å². The van der Waals surface area contributed by atoms with Crippen LogP contribution in [0.5, 0.6) is 0 Å². The van der Waals surface area contributed by atoms with Crippen LogP contribution >= 0.6 is 22.8 Å². The summed E-state index contributed by atoms with van der Waals surface area (Å²) in [6, 6.07) is 4.86. The maximum absolute atomic E-state index is 6.54. The minimum absolute atomic E-state index is 0.0876.